The number of rotatable bonds is 6. The Morgan fingerprint density at radius 3 is 2.45 bits per heavy atom. The van der Waals surface area contributed by atoms with E-state index in [0.717, 1.165) is 12.5 Å². The maximum atomic E-state index is 5.13. The summed E-state index contributed by atoms with van der Waals surface area (Å²) in [5.74, 6) is 1.41. The standard InChI is InChI=1S/C10H20O/c1-5-7-9(3)10(4)8-11-6-2/h6,9-10H,2,5,7-8H2,1,3-4H3. The molecule has 2 unspecified atom stereocenters. The van der Waals surface area contributed by atoms with Gasteiger partial charge in [-0.05, 0) is 11.8 Å². The van der Waals surface area contributed by atoms with Crippen LogP contribution in [0, 0.1) is 11.8 Å². The zero-order valence-corrected chi connectivity index (χ0v) is 7.97. The summed E-state index contributed by atoms with van der Waals surface area (Å²) < 4.78 is 5.13. The topological polar surface area (TPSA) is 9.23 Å². The summed E-state index contributed by atoms with van der Waals surface area (Å²) in [7, 11) is 0. The fourth-order valence-electron chi connectivity index (χ4n) is 1.12. The van der Waals surface area contributed by atoms with Gasteiger partial charge in [-0.25, -0.2) is 0 Å². The van der Waals surface area contributed by atoms with Gasteiger partial charge < -0.3 is 4.74 Å². The largest absolute Gasteiger partial charge is 0.502 e. The predicted molar refractivity (Wildman–Crippen MR) is 49.4 cm³/mol. The Balaban J connectivity index is 3.45. The Labute approximate surface area is 70.4 Å². The lowest BCUT2D eigenvalue weighted by Gasteiger charge is -2.18. The van der Waals surface area contributed by atoms with Crippen molar-refractivity contribution >= 4 is 0 Å². The Hall–Kier alpha value is -0.460. The molecule has 0 saturated carbocycles. The van der Waals surface area contributed by atoms with Crippen LogP contribution in [-0.4, -0.2) is 6.61 Å². The van der Waals surface area contributed by atoms with Crippen LogP contribution in [0.2, 0.25) is 0 Å². The molecule has 0 radical (unpaired) electrons. The highest BCUT2D eigenvalue weighted by atomic mass is 16.5. The van der Waals surface area contributed by atoms with Crippen LogP contribution in [0.5, 0.6) is 0 Å². The molecular formula is C10H20O. The molecule has 0 aliphatic heterocycles. The molecule has 0 aromatic rings. The zero-order chi connectivity index (χ0) is 8.69. The summed E-state index contributed by atoms with van der Waals surface area (Å²) >= 11 is 0. The van der Waals surface area contributed by atoms with E-state index in [1.807, 2.05) is 0 Å². The molecule has 0 aromatic carbocycles. The van der Waals surface area contributed by atoms with Crippen molar-refractivity contribution in [3.8, 4) is 0 Å². The van der Waals surface area contributed by atoms with Crippen molar-refractivity contribution in [2.75, 3.05) is 6.61 Å². The molecule has 0 bridgehead atoms. The highest BCUT2D eigenvalue weighted by molar-refractivity contribution is 4.62. The minimum Gasteiger partial charge on any atom is -0.502 e. The van der Waals surface area contributed by atoms with Crippen molar-refractivity contribution in [1.82, 2.24) is 0 Å². The van der Waals surface area contributed by atoms with Gasteiger partial charge in [-0.1, -0.05) is 40.2 Å². The molecule has 66 valence electrons. The molecule has 0 spiro atoms. The summed E-state index contributed by atoms with van der Waals surface area (Å²) in [6.45, 7) is 11.1. The summed E-state index contributed by atoms with van der Waals surface area (Å²) in [5, 5.41) is 0. The van der Waals surface area contributed by atoms with Crippen LogP contribution in [0.25, 0.3) is 0 Å². The average Bonchev–Trinajstić information content (AvgIpc) is 2.00. The SMILES string of the molecule is C=COCC(C)C(C)CCC. The first-order chi connectivity index (χ1) is 5.22. The van der Waals surface area contributed by atoms with Gasteiger partial charge in [0.2, 0.25) is 0 Å². The average molecular weight is 156 g/mol. The smallest absolute Gasteiger partial charge is 0.0901 e. The van der Waals surface area contributed by atoms with Gasteiger partial charge >= 0.3 is 0 Å². The molecule has 2 atom stereocenters. The van der Waals surface area contributed by atoms with E-state index >= 15 is 0 Å². The van der Waals surface area contributed by atoms with Crippen molar-refractivity contribution < 1.29 is 4.74 Å². The van der Waals surface area contributed by atoms with E-state index in [1.165, 1.54) is 19.1 Å². The van der Waals surface area contributed by atoms with Gasteiger partial charge in [0.05, 0.1) is 12.9 Å². The van der Waals surface area contributed by atoms with Crippen LogP contribution in [0.1, 0.15) is 33.6 Å². The predicted octanol–water partition coefficient (Wildman–Crippen LogP) is 3.22. The van der Waals surface area contributed by atoms with Crippen molar-refractivity contribution in [1.29, 1.82) is 0 Å². The van der Waals surface area contributed by atoms with E-state index in [2.05, 4.69) is 27.4 Å². The minimum atomic E-state index is 0.646. The molecule has 11 heavy (non-hydrogen) atoms. The second-order valence-corrected chi connectivity index (χ2v) is 3.24. The second-order valence-electron chi connectivity index (χ2n) is 3.24. The van der Waals surface area contributed by atoms with Gasteiger partial charge in [0, 0.05) is 0 Å². The quantitative estimate of drug-likeness (QED) is 0.536. The molecule has 0 rings (SSSR count). The van der Waals surface area contributed by atoms with Gasteiger partial charge in [0.25, 0.3) is 0 Å². The summed E-state index contributed by atoms with van der Waals surface area (Å²) in [6.07, 6.45) is 4.08. The van der Waals surface area contributed by atoms with Crippen LogP contribution in [0.3, 0.4) is 0 Å². The maximum Gasteiger partial charge on any atom is 0.0901 e. The third-order valence-electron chi connectivity index (χ3n) is 2.19. The second kappa shape index (κ2) is 6.26. The molecule has 1 nitrogen and oxygen atoms in total. The van der Waals surface area contributed by atoms with Crippen molar-refractivity contribution in [3.63, 3.8) is 0 Å². The number of hydrogen-bond donors (Lipinski definition) is 0. The van der Waals surface area contributed by atoms with Crippen LogP contribution in [-0.2, 0) is 4.74 Å². The molecular weight excluding hydrogens is 136 g/mol. The third kappa shape index (κ3) is 4.88. The van der Waals surface area contributed by atoms with E-state index in [9.17, 15) is 0 Å². The highest BCUT2D eigenvalue weighted by Crippen LogP contribution is 2.16. The van der Waals surface area contributed by atoms with Crippen molar-refractivity contribution in [3.05, 3.63) is 12.8 Å². The monoisotopic (exact) mass is 156 g/mol. The normalized spacial score (nSPS) is 15.5. The lowest BCUT2D eigenvalue weighted by atomic mass is 9.93. The first-order valence-corrected chi connectivity index (χ1v) is 4.44. The van der Waals surface area contributed by atoms with Crippen LogP contribution in [0.15, 0.2) is 12.8 Å². The van der Waals surface area contributed by atoms with E-state index in [-0.39, 0.29) is 0 Å². The van der Waals surface area contributed by atoms with Crippen LogP contribution >= 0.6 is 0 Å². The molecule has 0 aliphatic rings. The van der Waals surface area contributed by atoms with Crippen LogP contribution < -0.4 is 0 Å². The Kier molecular flexibility index (Phi) is 6.00. The molecule has 0 fully saturated rings. The van der Waals surface area contributed by atoms with Crippen LogP contribution in [0.4, 0.5) is 0 Å². The van der Waals surface area contributed by atoms with E-state index < -0.39 is 0 Å². The van der Waals surface area contributed by atoms with Gasteiger partial charge in [-0.3, -0.25) is 0 Å². The number of hydrogen-bond acceptors (Lipinski definition) is 1. The lowest BCUT2D eigenvalue weighted by Crippen LogP contribution is -2.12. The first-order valence-electron chi connectivity index (χ1n) is 4.44. The van der Waals surface area contributed by atoms with E-state index in [4.69, 9.17) is 4.74 Å². The lowest BCUT2D eigenvalue weighted by molar-refractivity contribution is 0.166. The van der Waals surface area contributed by atoms with Gasteiger partial charge in [-0.2, -0.15) is 0 Å². The van der Waals surface area contributed by atoms with Gasteiger partial charge in [0.1, 0.15) is 0 Å². The molecule has 1 heteroatoms. The third-order valence-corrected chi connectivity index (χ3v) is 2.19. The molecule has 0 amide bonds. The zero-order valence-electron chi connectivity index (χ0n) is 7.97. The maximum absolute atomic E-state index is 5.13. The van der Waals surface area contributed by atoms with E-state index in [1.54, 1.807) is 0 Å². The van der Waals surface area contributed by atoms with E-state index in [0.29, 0.717) is 5.92 Å². The summed E-state index contributed by atoms with van der Waals surface area (Å²) in [6, 6.07) is 0. The van der Waals surface area contributed by atoms with Crippen molar-refractivity contribution in [2.45, 2.75) is 33.6 Å². The summed E-state index contributed by atoms with van der Waals surface area (Å²) in [5.41, 5.74) is 0. The fraction of sp³-hybridized carbons (Fsp3) is 0.800. The summed E-state index contributed by atoms with van der Waals surface area (Å²) in [4.78, 5) is 0. The minimum absolute atomic E-state index is 0.646. The Morgan fingerprint density at radius 1 is 1.36 bits per heavy atom. The fourth-order valence-corrected chi connectivity index (χ4v) is 1.12. The Bertz CT molecular complexity index is 99.0. The molecule has 0 aliphatic carbocycles. The molecule has 0 aromatic heterocycles. The molecule has 0 N–H and O–H groups in total. The van der Waals surface area contributed by atoms with Gasteiger partial charge in [-0.15, -0.1) is 0 Å². The van der Waals surface area contributed by atoms with Gasteiger partial charge in [0.15, 0.2) is 0 Å². The molecule has 0 saturated heterocycles. The Morgan fingerprint density at radius 2 is 2.00 bits per heavy atom. The molecule has 0 heterocycles. The van der Waals surface area contributed by atoms with Crippen molar-refractivity contribution in [2.24, 2.45) is 11.8 Å². The number of ether oxygens (including phenoxy) is 1. The first kappa shape index (κ1) is 10.5. The highest BCUT2D eigenvalue weighted by Gasteiger charge is 2.10.